The molecule has 1 aliphatic heterocycles. The van der Waals surface area contributed by atoms with Crippen LogP contribution in [0.1, 0.15) is 43.4 Å². The summed E-state index contributed by atoms with van der Waals surface area (Å²) in [5.41, 5.74) is 1.54. The van der Waals surface area contributed by atoms with Crippen molar-refractivity contribution in [1.82, 2.24) is 15.2 Å². The molecule has 2 aromatic rings. The summed E-state index contributed by atoms with van der Waals surface area (Å²) >= 11 is 0. The van der Waals surface area contributed by atoms with Gasteiger partial charge in [0.15, 0.2) is 11.5 Å². The van der Waals surface area contributed by atoms with E-state index in [1.807, 2.05) is 12.1 Å². The van der Waals surface area contributed by atoms with Crippen molar-refractivity contribution < 1.29 is 27.8 Å². The first-order valence-electron chi connectivity index (χ1n) is 11.1. The summed E-state index contributed by atoms with van der Waals surface area (Å²) in [6.45, 7) is -0.442. The quantitative estimate of drug-likeness (QED) is 0.621. The average molecular weight is 459 g/mol. The molecule has 9 heteroatoms. The number of halogens is 2. The lowest BCUT2D eigenvalue weighted by atomic mass is 9.95. The fourth-order valence-corrected chi connectivity index (χ4v) is 4.05. The lowest BCUT2D eigenvalue weighted by Crippen LogP contribution is -2.45. The zero-order valence-electron chi connectivity index (χ0n) is 18.4. The van der Waals surface area contributed by atoms with Crippen molar-refractivity contribution in [2.24, 2.45) is 5.92 Å². The van der Waals surface area contributed by atoms with Crippen molar-refractivity contribution >= 4 is 11.8 Å². The predicted octanol–water partition coefficient (Wildman–Crippen LogP) is 3.49. The first-order valence-corrected chi connectivity index (χ1v) is 11.1. The topological polar surface area (TPSA) is 80.8 Å². The van der Waals surface area contributed by atoms with E-state index in [1.165, 1.54) is 13.0 Å². The monoisotopic (exact) mass is 459 g/mol. The van der Waals surface area contributed by atoms with Crippen molar-refractivity contribution in [3.05, 3.63) is 53.9 Å². The van der Waals surface area contributed by atoms with E-state index in [0.717, 1.165) is 24.1 Å². The molecule has 0 radical (unpaired) electrons. The molecule has 1 saturated carbocycles. The normalized spacial score (nSPS) is 20.1. The highest BCUT2D eigenvalue weighted by Crippen LogP contribution is 2.38. The Hall–Kier alpha value is -3.23. The molecule has 2 atom stereocenters. The third-order valence-electron chi connectivity index (χ3n) is 6.00. The van der Waals surface area contributed by atoms with Gasteiger partial charge in [0.05, 0.1) is 18.8 Å². The van der Waals surface area contributed by atoms with E-state index in [-0.39, 0.29) is 35.8 Å². The Morgan fingerprint density at radius 3 is 2.70 bits per heavy atom. The first-order chi connectivity index (χ1) is 15.9. The van der Waals surface area contributed by atoms with Crippen LogP contribution in [0.5, 0.6) is 11.5 Å². The van der Waals surface area contributed by atoms with Gasteiger partial charge in [-0.05, 0) is 55.0 Å². The number of benzene rings is 1. The van der Waals surface area contributed by atoms with E-state index in [2.05, 4.69) is 15.0 Å². The van der Waals surface area contributed by atoms with Crippen LogP contribution in [0, 0.1) is 5.92 Å². The highest BCUT2D eigenvalue weighted by atomic mass is 19.3. The van der Waals surface area contributed by atoms with Crippen LogP contribution in [0.15, 0.2) is 42.6 Å². The van der Waals surface area contributed by atoms with Crippen LogP contribution in [0.25, 0.3) is 0 Å². The van der Waals surface area contributed by atoms with Crippen LogP contribution in [0.4, 0.5) is 8.78 Å². The molecule has 176 valence electrons. The van der Waals surface area contributed by atoms with Gasteiger partial charge in [-0.15, -0.1) is 0 Å². The molecule has 33 heavy (non-hydrogen) atoms. The number of rotatable bonds is 9. The number of nitrogens with zero attached hydrogens (tertiary/aromatic N) is 2. The van der Waals surface area contributed by atoms with Crippen LogP contribution in [0.3, 0.4) is 0 Å². The second kappa shape index (κ2) is 10.1. The standard InChI is InChI=1S/C24H27F2N3O4/c1-15(30)29-13-18(10-20(29)23(31)28-12-19-4-2-3-9-27-19)17-7-8-21(33-24(25)26)22(11-17)32-14-16-5-6-16/h2-4,7-9,11,16,18,20,24H,5-6,10,12-14H2,1H3,(H,28,31)/t18?,20-/m1/s1. The summed E-state index contributed by atoms with van der Waals surface area (Å²) < 4.78 is 36.0. The van der Waals surface area contributed by atoms with Gasteiger partial charge in [0, 0.05) is 25.6 Å². The van der Waals surface area contributed by atoms with Gasteiger partial charge in [-0.3, -0.25) is 14.6 Å². The maximum atomic E-state index is 12.9. The van der Waals surface area contributed by atoms with E-state index >= 15 is 0 Å². The van der Waals surface area contributed by atoms with Gasteiger partial charge in [-0.25, -0.2) is 0 Å². The van der Waals surface area contributed by atoms with Gasteiger partial charge in [-0.1, -0.05) is 12.1 Å². The van der Waals surface area contributed by atoms with Crippen molar-refractivity contribution in [1.29, 1.82) is 0 Å². The SMILES string of the molecule is CC(=O)N1CC(c2ccc(OC(F)F)c(OCC3CC3)c2)C[C@@H]1C(=O)NCc1ccccn1. The molecule has 1 saturated heterocycles. The summed E-state index contributed by atoms with van der Waals surface area (Å²) in [4.78, 5) is 30.9. The lowest BCUT2D eigenvalue weighted by Gasteiger charge is -2.22. The van der Waals surface area contributed by atoms with Gasteiger partial charge in [-0.2, -0.15) is 8.78 Å². The minimum Gasteiger partial charge on any atom is -0.489 e. The predicted molar refractivity (Wildman–Crippen MR) is 116 cm³/mol. The molecule has 1 aromatic heterocycles. The molecule has 1 aromatic carbocycles. The second-order valence-corrected chi connectivity index (χ2v) is 8.50. The Morgan fingerprint density at radius 1 is 1.21 bits per heavy atom. The highest BCUT2D eigenvalue weighted by molar-refractivity contribution is 5.87. The number of hydrogen-bond donors (Lipinski definition) is 1. The number of aromatic nitrogens is 1. The number of carbonyl (C=O) groups is 2. The number of pyridine rings is 1. The molecule has 2 aliphatic rings. The molecule has 7 nitrogen and oxygen atoms in total. The van der Waals surface area contributed by atoms with Crippen LogP contribution in [-0.4, -0.2) is 47.5 Å². The third-order valence-corrected chi connectivity index (χ3v) is 6.00. The van der Waals surface area contributed by atoms with E-state index in [9.17, 15) is 18.4 Å². The van der Waals surface area contributed by atoms with Crippen LogP contribution < -0.4 is 14.8 Å². The number of hydrogen-bond acceptors (Lipinski definition) is 5. The zero-order chi connectivity index (χ0) is 23.4. The van der Waals surface area contributed by atoms with Gasteiger partial charge in [0.25, 0.3) is 0 Å². The van der Waals surface area contributed by atoms with Gasteiger partial charge in [0.2, 0.25) is 11.8 Å². The number of amides is 2. The van der Waals surface area contributed by atoms with Gasteiger partial charge in [0.1, 0.15) is 6.04 Å². The number of likely N-dealkylation sites (tertiary alicyclic amines) is 1. The number of alkyl halides is 2. The Kier molecular flexibility index (Phi) is 7.05. The third kappa shape index (κ3) is 5.97. The minimum absolute atomic E-state index is 0.0134. The summed E-state index contributed by atoms with van der Waals surface area (Å²) in [6.07, 6.45) is 4.20. The molecule has 4 rings (SSSR count). The fourth-order valence-electron chi connectivity index (χ4n) is 4.05. The van der Waals surface area contributed by atoms with Crippen molar-refractivity contribution in [3.63, 3.8) is 0 Å². The molecule has 0 bridgehead atoms. The Balaban J connectivity index is 1.47. The van der Waals surface area contributed by atoms with Crippen molar-refractivity contribution in [3.8, 4) is 11.5 Å². The summed E-state index contributed by atoms with van der Waals surface area (Å²) in [6, 6.07) is 9.68. The van der Waals surface area contributed by atoms with Crippen LogP contribution >= 0.6 is 0 Å². The molecule has 2 heterocycles. The largest absolute Gasteiger partial charge is 0.489 e. The Morgan fingerprint density at radius 2 is 2.03 bits per heavy atom. The summed E-state index contributed by atoms with van der Waals surface area (Å²) in [7, 11) is 0. The van der Waals surface area contributed by atoms with Gasteiger partial charge >= 0.3 is 6.61 Å². The first kappa shape index (κ1) is 22.9. The van der Waals surface area contributed by atoms with Crippen LogP contribution in [-0.2, 0) is 16.1 Å². The molecule has 1 aliphatic carbocycles. The Bertz CT molecular complexity index is 985. The van der Waals surface area contributed by atoms with E-state index in [0.29, 0.717) is 25.5 Å². The number of nitrogens with one attached hydrogen (secondary N) is 1. The van der Waals surface area contributed by atoms with E-state index in [4.69, 9.17) is 4.74 Å². The lowest BCUT2D eigenvalue weighted by molar-refractivity contribution is -0.136. The Labute approximate surface area is 191 Å². The summed E-state index contributed by atoms with van der Waals surface area (Å²) in [5.74, 6) is 0.112. The maximum absolute atomic E-state index is 12.9. The zero-order valence-corrected chi connectivity index (χ0v) is 18.4. The maximum Gasteiger partial charge on any atom is 0.387 e. The number of carbonyl (C=O) groups excluding carboxylic acids is 2. The summed E-state index contributed by atoms with van der Waals surface area (Å²) in [5, 5.41) is 2.86. The van der Waals surface area contributed by atoms with Gasteiger partial charge < -0.3 is 19.7 Å². The average Bonchev–Trinajstić information content (AvgIpc) is 3.52. The molecule has 2 fully saturated rings. The molecule has 0 spiro atoms. The molecular weight excluding hydrogens is 432 g/mol. The fraction of sp³-hybridized carbons (Fsp3) is 0.458. The van der Waals surface area contributed by atoms with Crippen molar-refractivity contribution in [2.45, 2.75) is 51.3 Å². The minimum atomic E-state index is -2.95. The van der Waals surface area contributed by atoms with Crippen molar-refractivity contribution in [2.75, 3.05) is 13.2 Å². The smallest absolute Gasteiger partial charge is 0.387 e. The van der Waals surface area contributed by atoms with E-state index in [1.54, 1.807) is 29.3 Å². The number of ether oxygens (including phenoxy) is 2. The molecule has 1 unspecified atom stereocenters. The second-order valence-electron chi connectivity index (χ2n) is 8.50. The molecular formula is C24H27F2N3O4. The molecule has 1 N–H and O–H groups in total. The van der Waals surface area contributed by atoms with E-state index < -0.39 is 12.7 Å². The molecule has 2 amide bonds. The van der Waals surface area contributed by atoms with Crippen LogP contribution in [0.2, 0.25) is 0 Å². The highest BCUT2D eigenvalue weighted by Gasteiger charge is 2.39.